The molecule has 12 heavy (non-hydrogen) atoms. The fourth-order valence-electron chi connectivity index (χ4n) is 3.04. The smallest absolute Gasteiger partial charge is 0.00203 e. The molecule has 1 aliphatic carbocycles. The molecule has 1 N–H and O–H groups in total. The van der Waals surface area contributed by atoms with Gasteiger partial charge in [-0.1, -0.05) is 32.6 Å². The van der Waals surface area contributed by atoms with Crippen LogP contribution >= 0.6 is 0 Å². The SMILES string of the molecule is CCCC1CCCC2(CNC2)C1. The maximum absolute atomic E-state index is 3.43. The third-order valence-corrected chi connectivity index (χ3v) is 3.74. The van der Waals surface area contributed by atoms with Gasteiger partial charge in [0.05, 0.1) is 0 Å². The van der Waals surface area contributed by atoms with Gasteiger partial charge in [0.25, 0.3) is 0 Å². The summed E-state index contributed by atoms with van der Waals surface area (Å²) < 4.78 is 0. The Balaban J connectivity index is 1.85. The fourth-order valence-corrected chi connectivity index (χ4v) is 3.04. The molecule has 0 aromatic carbocycles. The quantitative estimate of drug-likeness (QED) is 0.666. The zero-order valence-electron chi connectivity index (χ0n) is 8.23. The van der Waals surface area contributed by atoms with Gasteiger partial charge in [-0.25, -0.2) is 0 Å². The molecule has 1 spiro atoms. The maximum Gasteiger partial charge on any atom is 0.00203 e. The Hall–Kier alpha value is -0.0400. The maximum atomic E-state index is 3.43. The Morgan fingerprint density at radius 3 is 2.83 bits per heavy atom. The van der Waals surface area contributed by atoms with Gasteiger partial charge in [0, 0.05) is 13.1 Å². The van der Waals surface area contributed by atoms with Crippen LogP contribution in [-0.2, 0) is 0 Å². The van der Waals surface area contributed by atoms with Gasteiger partial charge < -0.3 is 5.32 Å². The number of hydrogen-bond donors (Lipinski definition) is 1. The molecule has 2 aliphatic rings. The van der Waals surface area contributed by atoms with Crippen molar-refractivity contribution >= 4 is 0 Å². The predicted molar refractivity (Wildman–Crippen MR) is 52.2 cm³/mol. The lowest BCUT2D eigenvalue weighted by Gasteiger charge is -2.48. The van der Waals surface area contributed by atoms with E-state index in [4.69, 9.17) is 0 Å². The van der Waals surface area contributed by atoms with E-state index < -0.39 is 0 Å². The molecule has 70 valence electrons. The van der Waals surface area contributed by atoms with E-state index in [-0.39, 0.29) is 0 Å². The van der Waals surface area contributed by atoms with E-state index in [1.807, 2.05) is 0 Å². The third kappa shape index (κ3) is 1.52. The molecule has 0 bridgehead atoms. The highest BCUT2D eigenvalue weighted by atomic mass is 15.0. The van der Waals surface area contributed by atoms with E-state index in [9.17, 15) is 0 Å². The van der Waals surface area contributed by atoms with Gasteiger partial charge in [-0.05, 0) is 24.2 Å². The Morgan fingerprint density at radius 2 is 2.25 bits per heavy atom. The molecule has 1 heteroatoms. The van der Waals surface area contributed by atoms with Gasteiger partial charge >= 0.3 is 0 Å². The Kier molecular flexibility index (Phi) is 2.40. The first kappa shape index (κ1) is 8.55. The summed E-state index contributed by atoms with van der Waals surface area (Å²) in [7, 11) is 0. The van der Waals surface area contributed by atoms with Crippen LogP contribution in [0.3, 0.4) is 0 Å². The van der Waals surface area contributed by atoms with Gasteiger partial charge in [-0.2, -0.15) is 0 Å². The molecule has 0 amide bonds. The molecule has 2 rings (SSSR count). The molecule has 0 radical (unpaired) electrons. The zero-order chi connectivity index (χ0) is 8.44. The summed E-state index contributed by atoms with van der Waals surface area (Å²) in [4.78, 5) is 0. The van der Waals surface area contributed by atoms with Crippen LogP contribution in [0.4, 0.5) is 0 Å². The van der Waals surface area contributed by atoms with Crippen LogP contribution in [0.2, 0.25) is 0 Å². The van der Waals surface area contributed by atoms with E-state index in [1.165, 1.54) is 51.6 Å². The summed E-state index contributed by atoms with van der Waals surface area (Å²) in [5, 5.41) is 3.43. The largest absolute Gasteiger partial charge is 0.316 e. The van der Waals surface area contributed by atoms with Crippen molar-refractivity contribution in [2.45, 2.75) is 45.4 Å². The van der Waals surface area contributed by atoms with Crippen LogP contribution in [0.15, 0.2) is 0 Å². The Bertz CT molecular complexity index is 147. The van der Waals surface area contributed by atoms with Gasteiger partial charge in [-0.3, -0.25) is 0 Å². The second-order valence-electron chi connectivity index (χ2n) is 4.85. The van der Waals surface area contributed by atoms with Gasteiger partial charge in [-0.15, -0.1) is 0 Å². The van der Waals surface area contributed by atoms with Crippen LogP contribution in [0, 0.1) is 11.3 Å². The normalized spacial score (nSPS) is 33.2. The second-order valence-corrected chi connectivity index (χ2v) is 4.85. The van der Waals surface area contributed by atoms with E-state index in [0.29, 0.717) is 0 Å². The standard InChI is InChI=1S/C11H21N/c1-2-4-10-5-3-6-11(7-10)8-12-9-11/h10,12H,2-9H2,1H3. The molecule has 1 heterocycles. The second kappa shape index (κ2) is 3.37. The molecule has 1 aliphatic heterocycles. The van der Waals surface area contributed by atoms with Crippen LogP contribution < -0.4 is 5.32 Å². The number of nitrogens with one attached hydrogen (secondary N) is 1. The average molecular weight is 167 g/mol. The van der Waals surface area contributed by atoms with Crippen molar-refractivity contribution in [2.24, 2.45) is 11.3 Å². The van der Waals surface area contributed by atoms with Crippen molar-refractivity contribution < 1.29 is 0 Å². The van der Waals surface area contributed by atoms with Crippen molar-refractivity contribution in [2.75, 3.05) is 13.1 Å². The molecule has 1 saturated carbocycles. The van der Waals surface area contributed by atoms with Gasteiger partial charge in [0.15, 0.2) is 0 Å². The number of rotatable bonds is 2. The summed E-state index contributed by atoms with van der Waals surface area (Å²) in [6.45, 7) is 4.95. The highest BCUT2D eigenvalue weighted by Crippen LogP contribution is 2.43. The zero-order valence-corrected chi connectivity index (χ0v) is 8.23. The van der Waals surface area contributed by atoms with Crippen LogP contribution in [0.1, 0.15) is 45.4 Å². The van der Waals surface area contributed by atoms with Crippen molar-refractivity contribution in [1.82, 2.24) is 5.32 Å². The first-order valence-corrected chi connectivity index (χ1v) is 5.55. The van der Waals surface area contributed by atoms with Crippen molar-refractivity contribution in [1.29, 1.82) is 0 Å². The van der Waals surface area contributed by atoms with E-state index in [0.717, 1.165) is 11.3 Å². The third-order valence-electron chi connectivity index (χ3n) is 3.74. The molecular formula is C11H21N. The molecular weight excluding hydrogens is 146 g/mol. The first-order valence-electron chi connectivity index (χ1n) is 5.55. The van der Waals surface area contributed by atoms with Crippen LogP contribution in [0.25, 0.3) is 0 Å². The highest BCUT2D eigenvalue weighted by Gasteiger charge is 2.40. The van der Waals surface area contributed by atoms with Crippen LogP contribution in [-0.4, -0.2) is 13.1 Å². The summed E-state index contributed by atoms with van der Waals surface area (Å²) >= 11 is 0. The van der Waals surface area contributed by atoms with Gasteiger partial charge in [0.1, 0.15) is 0 Å². The topological polar surface area (TPSA) is 12.0 Å². The molecule has 0 aromatic heterocycles. The average Bonchev–Trinajstić information content (AvgIpc) is 2.03. The van der Waals surface area contributed by atoms with E-state index in [1.54, 1.807) is 0 Å². The molecule has 1 saturated heterocycles. The monoisotopic (exact) mass is 167 g/mol. The number of hydrogen-bond acceptors (Lipinski definition) is 1. The molecule has 2 fully saturated rings. The summed E-state index contributed by atoms with van der Waals surface area (Å²) in [5.41, 5.74) is 0.762. The minimum atomic E-state index is 0.762. The van der Waals surface area contributed by atoms with Crippen molar-refractivity contribution in [3.8, 4) is 0 Å². The fraction of sp³-hybridized carbons (Fsp3) is 1.00. The van der Waals surface area contributed by atoms with E-state index in [2.05, 4.69) is 12.2 Å². The minimum absolute atomic E-state index is 0.762. The lowest BCUT2D eigenvalue weighted by molar-refractivity contribution is 0.0692. The van der Waals surface area contributed by atoms with Crippen LogP contribution in [0.5, 0.6) is 0 Å². The molecule has 1 atom stereocenters. The highest BCUT2D eigenvalue weighted by molar-refractivity contribution is 4.96. The van der Waals surface area contributed by atoms with Gasteiger partial charge in [0.2, 0.25) is 0 Å². The molecule has 1 unspecified atom stereocenters. The predicted octanol–water partition coefficient (Wildman–Crippen LogP) is 2.57. The lowest BCUT2D eigenvalue weighted by Crippen LogP contribution is -2.55. The lowest BCUT2D eigenvalue weighted by atomic mass is 9.65. The van der Waals surface area contributed by atoms with Crippen molar-refractivity contribution in [3.05, 3.63) is 0 Å². The first-order chi connectivity index (χ1) is 5.85. The minimum Gasteiger partial charge on any atom is -0.316 e. The summed E-state index contributed by atoms with van der Waals surface area (Å²) in [5.74, 6) is 1.06. The Labute approximate surface area is 75.9 Å². The summed E-state index contributed by atoms with van der Waals surface area (Å²) in [6, 6.07) is 0. The molecule has 0 aromatic rings. The van der Waals surface area contributed by atoms with Crippen molar-refractivity contribution in [3.63, 3.8) is 0 Å². The molecule has 1 nitrogen and oxygen atoms in total. The Morgan fingerprint density at radius 1 is 1.42 bits per heavy atom. The van der Waals surface area contributed by atoms with E-state index >= 15 is 0 Å². The summed E-state index contributed by atoms with van der Waals surface area (Å²) in [6.07, 6.45) is 8.88.